The van der Waals surface area contributed by atoms with E-state index in [4.69, 9.17) is 11.6 Å². The first-order valence-electron chi connectivity index (χ1n) is 6.15. The highest BCUT2D eigenvalue weighted by molar-refractivity contribution is 6.30. The summed E-state index contributed by atoms with van der Waals surface area (Å²) < 4.78 is 1.88. The number of anilines is 1. The van der Waals surface area contributed by atoms with Crippen LogP contribution in [0.4, 0.5) is 5.69 Å². The second kappa shape index (κ2) is 4.94. The van der Waals surface area contributed by atoms with Crippen LogP contribution in [-0.2, 0) is 6.54 Å². The van der Waals surface area contributed by atoms with E-state index in [9.17, 15) is 0 Å². The smallest absolute Gasteiger partial charge is 0.0711 e. The molecule has 96 valence electrons. The van der Waals surface area contributed by atoms with Gasteiger partial charge in [0.05, 0.1) is 11.7 Å². The number of fused-ring (bicyclic) bond motifs is 1. The summed E-state index contributed by atoms with van der Waals surface area (Å²) in [5, 5.41) is 8.51. The molecule has 0 aliphatic rings. The molecule has 3 aromatic rings. The minimum absolute atomic E-state index is 0.746. The molecule has 0 fully saturated rings. The van der Waals surface area contributed by atoms with Gasteiger partial charge in [0.15, 0.2) is 0 Å². The molecule has 3 nitrogen and oxygen atoms in total. The van der Waals surface area contributed by atoms with Crippen LogP contribution in [0.5, 0.6) is 0 Å². The van der Waals surface area contributed by atoms with Crippen LogP contribution in [0, 0.1) is 6.92 Å². The van der Waals surface area contributed by atoms with Crippen LogP contribution in [-0.4, -0.2) is 9.61 Å². The van der Waals surface area contributed by atoms with Crippen LogP contribution in [0.3, 0.4) is 0 Å². The Kier molecular flexibility index (Phi) is 3.13. The van der Waals surface area contributed by atoms with Crippen LogP contribution in [0.2, 0.25) is 5.02 Å². The highest BCUT2D eigenvalue weighted by Crippen LogP contribution is 2.21. The Morgan fingerprint density at radius 2 is 2.16 bits per heavy atom. The van der Waals surface area contributed by atoms with Crippen molar-refractivity contribution in [1.82, 2.24) is 9.61 Å². The first-order chi connectivity index (χ1) is 9.24. The van der Waals surface area contributed by atoms with Gasteiger partial charge in [-0.3, -0.25) is 0 Å². The van der Waals surface area contributed by atoms with Gasteiger partial charge in [-0.05, 0) is 42.8 Å². The summed E-state index contributed by atoms with van der Waals surface area (Å²) in [5.74, 6) is 0. The molecular weight excluding hydrogens is 258 g/mol. The molecule has 0 saturated carbocycles. The van der Waals surface area contributed by atoms with E-state index in [1.165, 1.54) is 5.56 Å². The fourth-order valence-electron chi connectivity index (χ4n) is 2.14. The third-order valence-corrected chi connectivity index (χ3v) is 3.40. The van der Waals surface area contributed by atoms with Crippen molar-refractivity contribution in [3.63, 3.8) is 0 Å². The molecule has 0 bridgehead atoms. The van der Waals surface area contributed by atoms with Crippen molar-refractivity contribution in [3.05, 3.63) is 64.9 Å². The van der Waals surface area contributed by atoms with Gasteiger partial charge in [0.1, 0.15) is 0 Å². The number of hydrogen-bond donors (Lipinski definition) is 1. The molecule has 0 amide bonds. The average Bonchev–Trinajstić information content (AvgIpc) is 2.81. The Morgan fingerprint density at radius 1 is 1.26 bits per heavy atom. The van der Waals surface area contributed by atoms with Gasteiger partial charge in [-0.25, -0.2) is 4.52 Å². The number of nitrogens with zero attached hydrogens (tertiary/aromatic N) is 2. The number of benzene rings is 1. The molecule has 4 heteroatoms. The second-order valence-corrected chi connectivity index (χ2v) is 4.95. The van der Waals surface area contributed by atoms with E-state index in [2.05, 4.69) is 16.5 Å². The topological polar surface area (TPSA) is 29.3 Å². The first kappa shape index (κ1) is 12.1. The minimum Gasteiger partial charge on any atom is -0.381 e. The van der Waals surface area contributed by atoms with Gasteiger partial charge < -0.3 is 5.32 Å². The Bertz CT molecular complexity index is 718. The maximum Gasteiger partial charge on any atom is 0.0711 e. The molecule has 0 unspecified atom stereocenters. The van der Waals surface area contributed by atoms with E-state index in [0.717, 1.165) is 28.3 Å². The summed E-state index contributed by atoms with van der Waals surface area (Å²) in [5.41, 5.74) is 4.54. The summed E-state index contributed by atoms with van der Waals surface area (Å²) in [6, 6.07) is 11.9. The number of aryl methyl sites for hydroxylation is 1. The number of pyridine rings is 1. The number of rotatable bonds is 3. The number of halogens is 1. The minimum atomic E-state index is 0.746. The summed E-state index contributed by atoms with van der Waals surface area (Å²) in [6.45, 7) is 2.79. The van der Waals surface area contributed by atoms with Gasteiger partial charge in [-0.15, -0.1) is 0 Å². The Labute approximate surface area is 116 Å². The summed E-state index contributed by atoms with van der Waals surface area (Å²) >= 11 is 5.95. The fourth-order valence-corrected chi connectivity index (χ4v) is 2.37. The third-order valence-electron chi connectivity index (χ3n) is 3.16. The zero-order valence-corrected chi connectivity index (χ0v) is 11.4. The molecule has 2 heterocycles. The van der Waals surface area contributed by atoms with E-state index < -0.39 is 0 Å². The van der Waals surface area contributed by atoms with Crippen molar-refractivity contribution in [2.75, 3.05) is 5.32 Å². The van der Waals surface area contributed by atoms with E-state index in [0.29, 0.717) is 0 Å². The molecule has 0 radical (unpaired) electrons. The van der Waals surface area contributed by atoms with Crippen molar-refractivity contribution < 1.29 is 0 Å². The number of nitrogens with one attached hydrogen (secondary N) is 1. The predicted molar refractivity (Wildman–Crippen MR) is 78.7 cm³/mol. The van der Waals surface area contributed by atoms with Crippen molar-refractivity contribution >= 4 is 22.8 Å². The van der Waals surface area contributed by atoms with Crippen molar-refractivity contribution in [3.8, 4) is 0 Å². The lowest BCUT2D eigenvalue weighted by Gasteiger charge is -2.09. The molecule has 3 rings (SSSR count). The lowest BCUT2D eigenvalue weighted by atomic mass is 10.2. The first-order valence-corrected chi connectivity index (χ1v) is 6.53. The SMILES string of the molecule is Cc1cc(Cl)ccc1NCc1cnn2ccccc12. The quantitative estimate of drug-likeness (QED) is 0.783. The number of hydrogen-bond acceptors (Lipinski definition) is 2. The van der Waals surface area contributed by atoms with Gasteiger partial charge in [0.2, 0.25) is 0 Å². The van der Waals surface area contributed by atoms with Crippen molar-refractivity contribution in [2.45, 2.75) is 13.5 Å². The molecule has 1 aromatic carbocycles. The normalized spacial score (nSPS) is 10.8. The molecular formula is C15H14ClN3. The molecule has 2 aromatic heterocycles. The van der Waals surface area contributed by atoms with E-state index in [1.807, 2.05) is 54.2 Å². The van der Waals surface area contributed by atoms with Gasteiger partial charge in [-0.2, -0.15) is 5.10 Å². The Hall–Kier alpha value is -2.00. The molecule has 19 heavy (non-hydrogen) atoms. The summed E-state index contributed by atoms with van der Waals surface area (Å²) in [6.07, 6.45) is 3.85. The number of aromatic nitrogens is 2. The highest BCUT2D eigenvalue weighted by atomic mass is 35.5. The Morgan fingerprint density at radius 3 is 3.00 bits per heavy atom. The third kappa shape index (κ3) is 2.42. The molecule has 0 atom stereocenters. The lowest BCUT2D eigenvalue weighted by Crippen LogP contribution is -2.00. The monoisotopic (exact) mass is 271 g/mol. The van der Waals surface area contributed by atoms with Crippen molar-refractivity contribution in [2.24, 2.45) is 0 Å². The van der Waals surface area contributed by atoms with Crippen LogP contribution in [0.1, 0.15) is 11.1 Å². The second-order valence-electron chi connectivity index (χ2n) is 4.51. The molecule has 0 spiro atoms. The van der Waals surface area contributed by atoms with Crippen LogP contribution < -0.4 is 5.32 Å². The van der Waals surface area contributed by atoms with Crippen LogP contribution >= 0.6 is 11.6 Å². The zero-order chi connectivity index (χ0) is 13.2. The molecule has 0 aliphatic carbocycles. The predicted octanol–water partition coefficient (Wildman–Crippen LogP) is 3.91. The van der Waals surface area contributed by atoms with Gasteiger partial charge in [-0.1, -0.05) is 17.7 Å². The lowest BCUT2D eigenvalue weighted by molar-refractivity contribution is 0.961. The van der Waals surface area contributed by atoms with Crippen molar-refractivity contribution in [1.29, 1.82) is 0 Å². The molecule has 0 aliphatic heterocycles. The van der Waals surface area contributed by atoms with E-state index >= 15 is 0 Å². The highest BCUT2D eigenvalue weighted by Gasteiger charge is 2.04. The summed E-state index contributed by atoms with van der Waals surface area (Å²) in [7, 11) is 0. The van der Waals surface area contributed by atoms with Crippen LogP contribution in [0.15, 0.2) is 48.8 Å². The van der Waals surface area contributed by atoms with Gasteiger partial charge >= 0.3 is 0 Å². The Balaban J connectivity index is 1.82. The van der Waals surface area contributed by atoms with E-state index in [1.54, 1.807) is 0 Å². The van der Waals surface area contributed by atoms with Crippen LogP contribution in [0.25, 0.3) is 5.52 Å². The largest absolute Gasteiger partial charge is 0.381 e. The maximum absolute atomic E-state index is 5.95. The molecule has 1 N–H and O–H groups in total. The fraction of sp³-hybridized carbons (Fsp3) is 0.133. The average molecular weight is 272 g/mol. The maximum atomic E-state index is 5.95. The van der Waals surface area contributed by atoms with Gasteiger partial charge in [0, 0.05) is 29.0 Å². The molecule has 0 saturated heterocycles. The van der Waals surface area contributed by atoms with Gasteiger partial charge in [0.25, 0.3) is 0 Å². The standard InChI is InChI=1S/C15H14ClN3/c1-11-8-13(16)5-6-14(11)17-9-12-10-18-19-7-3-2-4-15(12)19/h2-8,10,17H,9H2,1H3. The summed E-state index contributed by atoms with van der Waals surface area (Å²) in [4.78, 5) is 0. The van der Waals surface area contributed by atoms with E-state index in [-0.39, 0.29) is 0 Å². The zero-order valence-electron chi connectivity index (χ0n) is 10.6.